The van der Waals surface area contributed by atoms with Gasteiger partial charge in [0, 0.05) is 25.4 Å². The standard InChI is InChI=1S/C10H14N2O2/c1-7-6-11-8(13)2-4-10(11)5-3-9(14)12(7)10/h7H,2-6H2,1H3. The highest BCUT2D eigenvalue weighted by molar-refractivity contribution is 5.86. The number of hydrogen-bond donors (Lipinski definition) is 0. The van der Waals surface area contributed by atoms with Crippen LogP contribution in [0.2, 0.25) is 0 Å². The van der Waals surface area contributed by atoms with Crippen LogP contribution in [0.1, 0.15) is 32.6 Å². The predicted molar refractivity (Wildman–Crippen MR) is 49.2 cm³/mol. The van der Waals surface area contributed by atoms with E-state index in [-0.39, 0.29) is 23.5 Å². The Morgan fingerprint density at radius 1 is 1.21 bits per heavy atom. The Labute approximate surface area is 82.8 Å². The van der Waals surface area contributed by atoms with Gasteiger partial charge in [0.1, 0.15) is 5.66 Å². The summed E-state index contributed by atoms with van der Waals surface area (Å²) in [5, 5.41) is 0. The van der Waals surface area contributed by atoms with Gasteiger partial charge in [0.25, 0.3) is 0 Å². The predicted octanol–water partition coefficient (Wildman–Crippen LogP) is 0.330. The molecule has 0 N–H and O–H groups in total. The average molecular weight is 194 g/mol. The van der Waals surface area contributed by atoms with E-state index in [2.05, 4.69) is 0 Å². The third kappa shape index (κ3) is 0.713. The molecule has 0 bridgehead atoms. The van der Waals surface area contributed by atoms with Crippen LogP contribution in [-0.4, -0.2) is 39.9 Å². The molecule has 0 aromatic carbocycles. The average Bonchev–Trinajstić information content (AvgIpc) is 2.70. The van der Waals surface area contributed by atoms with Crippen LogP contribution in [0.25, 0.3) is 0 Å². The molecule has 3 aliphatic heterocycles. The fourth-order valence-corrected chi connectivity index (χ4v) is 3.37. The fraction of sp³-hybridized carbons (Fsp3) is 0.800. The van der Waals surface area contributed by atoms with Crippen LogP contribution < -0.4 is 0 Å². The normalized spacial score (nSPS) is 40.8. The quantitative estimate of drug-likeness (QED) is 0.557. The summed E-state index contributed by atoms with van der Waals surface area (Å²) in [6, 6.07) is 0.217. The fourth-order valence-electron chi connectivity index (χ4n) is 3.37. The van der Waals surface area contributed by atoms with Gasteiger partial charge in [0.05, 0.1) is 0 Å². The van der Waals surface area contributed by atoms with Gasteiger partial charge in [0.2, 0.25) is 11.8 Å². The lowest BCUT2D eigenvalue weighted by atomic mass is 10.1. The molecule has 2 atom stereocenters. The molecule has 0 aromatic rings. The van der Waals surface area contributed by atoms with Crippen molar-refractivity contribution < 1.29 is 9.59 Å². The highest BCUT2D eigenvalue weighted by atomic mass is 16.2. The van der Waals surface area contributed by atoms with Crippen molar-refractivity contribution in [1.82, 2.24) is 9.80 Å². The molecule has 0 radical (unpaired) electrons. The first-order valence-electron chi connectivity index (χ1n) is 5.28. The Kier molecular flexibility index (Phi) is 1.36. The number of hydrogen-bond acceptors (Lipinski definition) is 2. The van der Waals surface area contributed by atoms with Gasteiger partial charge in [-0.3, -0.25) is 9.59 Å². The van der Waals surface area contributed by atoms with Crippen molar-refractivity contribution in [1.29, 1.82) is 0 Å². The second kappa shape index (κ2) is 2.30. The summed E-state index contributed by atoms with van der Waals surface area (Å²) in [5.74, 6) is 0.462. The molecule has 3 aliphatic rings. The van der Waals surface area contributed by atoms with Gasteiger partial charge in [-0.15, -0.1) is 0 Å². The first-order valence-corrected chi connectivity index (χ1v) is 5.28. The second-order valence-electron chi connectivity index (χ2n) is 4.60. The maximum atomic E-state index is 11.7. The van der Waals surface area contributed by atoms with E-state index in [9.17, 15) is 9.59 Å². The van der Waals surface area contributed by atoms with Crippen LogP contribution in [0, 0.1) is 0 Å². The maximum Gasteiger partial charge on any atom is 0.224 e. The summed E-state index contributed by atoms with van der Waals surface area (Å²) in [4.78, 5) is 27.2. The Hall–Kier alpha value is -1.06. The molecule has 3 rings (SSSR count). The van der Waals surface area contributed by atoms with E-state index < -0.39 is 0 Å². The monoisotopic (exact) mass is 194 g/mol. The summed E-state index contributed by atoms with van der Waals surface area (Å²) in [6.07, 6.45) is 2.94. The lowest BCUT2D eigenvalue weighted by molar-refractivity contribution is -0.135. The van der Waals surface area contributed by atoms with Crippen LogP contribution in [0.5, 0.6) is 0 Å². The molecule has 76 valence electrons. The number of rotatable bonds is 0. The van der Waals surface area contributed by atoms with Crippen molar-refractivity contribution in [2.75, 3.05) is 6.54 Å². The van der Waals surface area contributed by atoms with Crippen molar-refractivity contribution in [3.05, 3.63) is 0 Å². The Morgan fingerprint density at radius 2 is 1.86 bits per heavy atom. The van der Waals surface area contributed by atoms with E-state index in [1.165, 1.54) is 0 Å². The topological polar surface area (TPSA) is 40.6 Å². The lowest BCUT2D eigenvalue weighted by Gasteiger charge is -2.33. The van der Waals surface area contributed by atoms with E-state index in [1.54, 1.807) is 0 Å². The third-order valence-corrected chi connectivity index (χ3v) is 3.89. The zero-order valence-corrected chi connectivity index (χ0v) is 8.32. The van der Waals surface area contributed by atoms with Gasteiger partial charge < -0.3 is 9.80 Å². The molecule has 4 heteroatoms. The SMILES string of the molecule is CC1CN2C(=O)CCC23CCC(=O)N13. The Balaban J connectivity index is 2.06. The minimum absolute atomic E-state index is 0.201. The van der Waals surface area contributed by atoms with Crippen molar-refractivity contribution in [3.8, 4) is 0 Å². The number of amides is 2. The summed E-state index contributed by atoms with van der Waals surface area (Å²) < 4.78 is 0. The van der Waals surface area contributed by atoms with Gasteiger partial charge in [-0.25, -0.2) is 0 Å². The molecule has 3 heterocycles. The van der Waals surface area contributed by atoms with Crippen LogP contribution >= 0.6 is 0 Å². The molecule has 4 nitrogen and oxygen atoms in total. The molecule has 0 aliphatic carbocycles. The van der Waals surface area contributed by atoms with Crippen LogP contribution in [-0.2, 0) is 9.59 Å². The highest BCUT2D eigenvalue weighted by Crippen LogP contribution is 2.47. The lowest BCUT2D eigenvalue weighted by Crippen LogP contribution is -2.48. The van der Waals surface area contributed by atoms with Gasteiger partial charge in [-0.05, 0) is 19.8 Å². The minimum Gasteiger partial charge on any atom is -0.317 e. The molecule has 2 amide bonds. The Morgan fingerprint density at radius 3 is 2.57 bits per heavy atom. The number of nitrogens with zero attached hydrogens (tertiary/aromatic N) is 2. The van der Waals surface area contributed by atoms with Gasteiger partial charge in [-0.2, -0.15) is 0 Å². The highest BCUT2D eigenvalue weighted by Gasteiger charge is 2.60. The minimum atomic E-state index is -0.201. The molecule has 0 aromatic heterocycles. The van der Waals surface area contributed by atoms with E-state index in [1.807, 2.05) is 16.7 Å². The van der Waals surface area contributed by atoms with E-state index in [0.29, 0.717) is 12.8 Å². The molecule has 0 saturated carbocycles. The zero-order valence-electron chi connectivity index (χ0n) is 8.32. The van der Waals surface area contributed by atoms with Crippen molar-refractivity contribution in [2.45, 2.75) is 44.3 Å². The zero-order chi connectivity index (χ0) is 9.92. The van der Waals surface area contributed by atoms with Crippen LogP contribution in [0.15, 0.2) is 0 Å². The van der Waals surface area contributed by atoms with E-state index >= 15 is 0 Å². The second-order valence-corrected chi connectivity index (χ2v) is 4.60. The molecular weight excluding hydrogens is 180 g/mol. The maximum absolute atomic E-state index is 11.7. The number of carbonyl (C=O) groups is 2. The molecule has 2 unspecified atom stereocenters. The first kappa shape index (κ1) is 8.26. The van der Waals surface area contributed by atoms with Gasteiger partial charge >= 0.3 is 0 Å². The molecular formula is C10H14N2O2. The largest absolute Gasteiger partial charge is 0.317 e. The summed E-state index contributed by atoms with van der Waals surface area (Å²) in [7, 11) is 0. The Bertz CT molecular complexity index is 324. The number of carbonyl (C=O) groups excluding carboxylic acids is 2. The summed E-state index contributed by atoms with van der Waals surface area (Å²) in [6.45, 7) is 2.78. The van der Waals surface area contributed by atoms with Crippen LogP contribution in [0.3, 0.4) is 0 Å². The molecule has 3 saturated heterocycles. The van der Waals surface area contributed by atoms with Crippen molar-refractivity contribution in [2.24, 2.45) is 0 Å². The van der Waals surface area contributed by atoms with Gasteiger partial charge in [-0.1, -0.05) is 0 Å². The van der Waals surface area contributed by atoms with Crippen LogP contribution in [0.4, 0.5) is 0 Å². The molecule has 1 spiro atoms. The smallest absolute Gasteiger partial charge is 0.224 e. The third-order valence-electron chi connectivity index (χ3n) is 3.89. The van der Waals surface area contributed by atoms with Crippen molar-refractivity contribution >= 4 is 11.8 Å². The van der Waals surface area contributed by atoms with Gasteiger partial charge in [0.15, 0.2) is 0 Å². The molecule has 3 fully saturated rings. The molecule has 14 heavy (non-hydrogen) atoms. The summed E-state index contributed by atoms with van der Waals surface area (Å²) in [5.41, 5.74) is -0.201. The summed E-state index contributed by atoms with van der Waals surface area (Å²) >= 11 is 0. The van der Waals surface area contributed by atoms with E-state index in [0.717, 1.165) is 19.4 Å². The first-order chi connectivity index (χ1) is 6.65. The van der Waals surface area contributed by atoms with E-state index in [4.69, 9.17) is 0 Å². The van der Waals surface area contributed by atoms with Crippen molar-refractivity contribution in [3.63, 3.8) is 0 Å².